The molecule has 0 saturated heterocycles. The Morgan fingerprint density at radius 1 is 1.16 bits per heavy atom. The number of imidazole rings is 1. The van der Waals surface area contributed by atoms with Crippen LogP contribution in [-0.4, -0.2) is 31.9 Å². The minimum atomic E-state index is -2.70. The van der Waals surface area contributed by atoms with Gasteiger partial charge in [0, 0.05) is 29.9 Å². The molecule has 3 aromatic rings. The Labute approximate surface area is 180 Å². The zero-order chi connectivity index (χ0) is 22.6. The number of benzene rings is 1. The Morgan fingerprint density at radius 3 is 2.59 bits per heavy atom. The number of halogens is 4. The molecule has 3 heterocycles. The van der Waals surface area contributed by atoms with Gasteiger partial charge in [-0.25, -0.2) is 23.1 Å². The van der Waals surface area contributed by atoms with Crippen LogP contribution < -0.4 is 4.74 Å². The predicted octanol–water partition coefficient (Wildman–Crippen LogP) is 5.08. The number of pyridine rings is 1. The van der Waals surface area contributed by atoms with Crippen molar-refractivity contribution in [3.05, 3.63) is 59.2 Å². The first-order chi connectivity index (χ1) is 15.3. The van der Waals surface area contributed by atoms with Gasteiger partial charge in [-0.15, -0.1) is 0 Å². The van der Waals surface area contributed by atoms with Gasteiger partial charge in [-0.05, 0) is 43.9 Å². The summed E-state index contributed by atoms with van der Waals surface area (Å²) in [5.41, 5.74) is 0.382. The van der Waals surface area contributed by atoms with Crippen LogP contribution in [0.1, 0.15) is 41.1 Å². The summed E-state index contributed by atoms with van der Waals surface area (Å²) in [5.74, 6) is -2.52. The second kappa shape index (κ2) is 7.61. The first kappa shape index (κ1) is 20.5. The van der Waals surface area contributed by atoms with Crippen LogP contribution in [0.4, 0.5) is 17.6 Å². The van der Waals surface area contributed by atoms with Crippen LogP contribution in [0.15, 0.2) is 30.5 Å². The maximum atomic E-state index is 15.0. The van der Waals surface area contributed by atoms with Crippen LogP contribution in [0, 0.1) is 24.5 Å². The van der Waals surface area contributed by atoms with Crippen molar-refractivity contribution in [2.24, 2.45) is 5.92 Å². The SMILES string of the molecule is Cc1nc2n(c1-c1ccc(Oc3ccc(C(F)F)cn3)c(F)c1F)CN(CC1CC1)C2=O. The predicted molar refractivity (Wildman–Crippen MR) is 105 cm³/mol. The number of hydrogen-bond donors (Lipinski definition) is 0. The standard InChI is InChI=1S/C22H18F4N4O2/c1-11-19(30-10-29(9-12-2-3-12)22(31)21(30)28-11)14-5-6-15(18(24)17(14)23)32-16-7-4-13(8-27-16)20(25)26/h4-8,12,20H,2-3,9-10H2,1H3. The van der Waals surface area contributed by atoms with Crippen molar-refractivity contribution >= 4 is 5.91 Å². The highest BCUT2D eigenvalue weighted by molar-refractivity contribution is 5.94. The van der Waals surface area contributed by atoms with Gasteiger partial charge < -0.3 is 14.2 Å². The Hall–Kier alpha value is -3.43. The molecule has 166 valence electrons. The van der Waals surface area contributed by atoms with E-state index in [1.165, 1.54) is 12.1 Å². The Kier molecular flexibility index (Phi) is 4.87. The molecule has 0 radical (unpaired) electrons. The lowest BCUT2D eigenvalue weighted by Crippen LogP contribution is -2.27. The molecule has 0 unspecified atom stereocenters. The molecule has 1 aliphatic carbocycles. The quantitative estimate of drug-likeness (QED) is 0.495. The number of fused-ring (bicyclic) bond motifs is 1. The molecule has 2 aromatic heterocycles. The van der Waals surface area contributed by atoms with Gasteiger partial charge in [-0.1, -0.05) is 0 Å². The van der Waals surface area contributed by atoms with Gasteiger partial charge in [0.05, 0.1) is 18.1 Å². The van der Waals surface area contributed by atoms with E-state index >= 15 is 4.39 Å². The molecule has 6 nitrogen and oxygen atoms in total. The van der Waals surface area contributed by atoms with E-state index < -0.39 is 23.8 Å². The summed E-state index contributed by atoms with van der Waals surface area (Å²) in [4.78, 5) is 22.3. The monoisotopic (exact) mass is 446 g/mol. The van der Waals surface area contributed by atoms with Crippen LogP contribution in [0.3, 0.4) is 0 Å². The van der Waals surface area contributed by atoms with E-state index in [1.807, 2.05) is 0 Å². The van der Waals surface area contributed by atoms with Gasteiger partial charge in [0.25, 0.3) is 12.3 Å². The summed E-state index contributed by atoms with van der Waals surface area (Å²) in [6.07, 6.45) is 0.377. The molecule has 1 fully saturated rings. The Bertz CT molecular complexity index is 1210. The van der Waals surface area contributed by atoms with Crippen LogP contribution in [0.2, 0.25) is 0 Å². The molecule has 0 N–H and O–H groups in total. The van der Waals surface area contributed by atoms with Gasteiger partial charge in [0.15, 0.2) is 11.6 Å². The van der Waals surface area contributed by atoms with Crippen molar-refractivity contribution in [2.75, 3.05) is 6.54 Å². The molecule has 0 spiro atoms. The highest BCUT2D eigenvalue weighted by Crippen LogP contribution is 2.37. The van der Waals surface area contributed by atoms with Crippen molar-refractivity contribution in [1.29, 1.82) is 0 Å². The van der Waals surface area contributed by atoms with Crippen LogP contribution >= 0.6 is 0 Å². The fourth-order valence-corrected chi connectivity index (χ4v) is 3.83. The summed E-state index contributed by atoms with van der Waals surface area (Å²) in [6.45, 7) is 2.50. The maximum Gasteiger partial charge on any atom is 0.291 e. The number of alkyl halides is 2. The lowest BCUT2D eigenvalue weighted by molar-refractivity contribution is 0.0757. The molecule has 0 bridgehead atoms. The molecule has 10 heteroatoms. The maximum absolute atomic E-state index is 15.0. The first-order valence-electron chi connectivity index (χ1n) is 10.1. The lowest BCUT2D eigenvalue weighted by Gasteiger charge is -2.16. The molecule has 2 aliphatic rings. The summed E-state index contributed by atoms with van der Waals surface area (Å²) in [7, 11) is 0. The second-order valence-corrected chi connectivity index (χ2v) is 7.98. The van der Waals surface area contributed by atoms with E-state index in [-0.39, 0.29) is 35.4 Å². The number of carbonyl (C=O) groups is 1. The number of aromatic nitrogens is 3. The number of aryl methyl sites for hydroxylation is 1. The normalized spacial score (nSPS) is 15.6. The van der Waals surface area contributed by atoms with Gasteiger partial charge in [0.2, 0.25) is 17.5 Å². The van der Waals surface area contributed by atoms with Gasteiger partial charge in [-0.2, -0.15) is 4.39 Å². The van der Waals surface area contributed by atoms with Crippen molar-refractivity contribution in [1.82, 2.24) is 19.4 Å². The molecule has 32 heavy (non-hydrogen) atoms. The smallest absolute Gasteiger partial charge is 0.291 e. The summed E-state index contributed by atoms with van der Waals surface area (Å²) < 4.78 is 62.0. The molecule has 1 aromatic carbocycles. The third-order valence-corrected chi connectivity index (χ3v) is 5.64. The number of ether oxygens (including phenoxy) is 1. The van der Waals surface area contributed by atoms with E-state index in [0.29, 0.717) is 23.9 Å². The molecule has 1 aliphatic heterocycles. The molecular weight excluding hydrogens is 428 g/mol. The molecule has 1 saturated carbocycles. The zero-order valence-electron chi connectivity index (χ0n) is 17.0. The minimum absolute atomic E-state index is 0.0480. The Balaban J connectivity index is 1.44. The second-order valence-electron chi connectivity index (χ2n) is 7.98. The molecule has 5 rings (SSSR count). The third-order valence-electron chi connectivity index (χ3n) is 5.64. The van der Waals surface area contributed by atoms with Crippen molar-refractivity contribution in [2.45, 2.75) is 32.9 Å². The Morgan fingerprint density at radius 2 is 1.94 bits per heavy atom. The highest BCUT2D eigenvalue weighted by atomic mass is 19.3. The number of nitrogens with zero attached hydrogens (tertiary/aromatic N) is 4. The summed E-state index contributed by atoms with van der Waals surface area (Å²) >= 11 is 0. The first-order valence-corrected chi connectivity index (χ1v) is 10.1. The fourth-order valence-electron chi connectivity index (χ4n) is 3.83. The zero-order valence-corrected chi connectivity index (χ0v) is 17.0. The number of carbonyl (C=O) groups excluding carboxylic acids is 1. The van der Waals surface area contributed by atoms with Crippen LogP contribution in [0.5, 0.6) is 11.6 Å². The van der Waals surface area contributed by atoms with Crippen molar-refractivity contribution in [3.63, 3.8) is 0 Å². The van der Waals surface area contributed by atoms with E-state index in [9.17, 15) is 18.0 Å². The molecular formula is C22H18F4N4O2. The van der Waals surface area contributed by atoms with Crippen LogP contribution in [0.25, 0.3) is 11.3 Å². The van der Waals surface area contributed by atoms with Gasteiger partial charge >= 0.3 is 0 Å². The highest BCUT2D eigenvalue weighted by Gasteiger charge is 2.37. The largest absolute Gasteiger partial charge is 0.436 e. The van der Waals surface area contributed by atoms with Crippen molar-refractivity contribution in [3.8, 4) is 22.9 Å². The average molecular weight is 446 g/mol. The van der Waals surface area contributed by atoms with Crippen LogP contribution in [-0.2, 0) is 6.67 Å². The fraction of sp³-hybridized carbons (Fsp3) is 0.318. The summed E-state index contributed by atoms with van der Waals surface area (Å²) in [5, 5.41) is 0. The van der Waals surface area contributed by atoms with E-state index in [2.05, 4.69) is 9.97 Å². The minimum Gasteiger partial charge on any atom is -0.436 e. The van der Waals surface area contributed by atoms with Gasteiger partial charge in [-0.3, -0.25) is 4.79 Å². The van der Waals surface area contributed by atoms with E-state index in [4.69, 9.17) is 4.74 Å². The third kappa shape index (κ3) is 3.49. The number of hydrogen-bond acceptors (Lipinski definition) is 4. The summed E-state index contributed by atoms with van der Waals surface area (Å²) in [6, 6.07) is 4.82. The average Bonchev–Trinajstić information content (AvgIpc) is 3.47. The van der Waals surface area contributed by atoms with Crippen molar-refractivity contribution < 1.29 is 27.1 Å². The molecule has 0 atom stereocenters. The van der Waals surface area contributed by atoms with E-state index in [0.717, 1.165) is 31.2 Å². The topological polar surface area (TPSA) is 60.2 Å². The molecule has 1 amide bonds. The number of amides is 1. The number of rotatable bonds is 6. The van der Waals surface area contributed by atoms with Gasteiger partial charge in [0.1, 0.15) is 0 Å². The van der Waals surface area contributed by atoms with E-state index in [1.54, 1.807) is 16.4 Å². The lowest BCUT2D eigenvalue weighted by atomic mass is 10.1.